The minimum Gasteiger partial charge on any atom is -0.326 e. The van der Waals surface area contributed by atoms with Gasteiger partial charge in [0.25, 0.3) is 10.0 Å². The molecule has 0 saturated carbocycles. The molecular weight excluding hydrogens is 278 g/mol. The molecule has 1 aromatic rings. The van der Waals surface area contributed by atoms with Crippen LogP contribution in [-0.2, 0) is 16.6 Å². The van der Waals surface area contributed by atoms with Gasteiger partial charge >= 0.3 is 0 Å². The Kier molecular flexibility index (Phi) is 4.79. The lowest BCUT2D eigenvalue weighted by atomic mass is 10.0. The van der Waals surface area contributed by atoms with E-state index in [0.717, 1.165) is 19.4 Å². The summed E-state index contributed by atoms with van der Waals surface area (Å²) in [6.07, 6.45) is 3.34. The Bertz CT molecular complexity index is 554. The van der Waals surface area contributed by atoms with Gasteiger partial charge in [0.15, 0.2) is 5.03 Å². The fourth-order valence-electron chi connectivity index (χ4n) is 2.57. The van der Waals surface area contributed by atoms with E-state index in [1.807, 2.05) is 7.05 Å². The van der Waals surface area contributed by atoms with E-state index in [4.69, 9.17) is 5.73 Å². The minimum absolute atomic E-state index is 0.0240. The lowest BCUT2D eigenvalue weighted by molar-refractivity contribution is 0.187. The zero-order valence-corrected chi connectivity index (χ0v) is 12.8. The standard InChI is InChI=1S/C12H23N5O2S/c1-9-11(7-13)12(16-15-9)20(18,19)14-8-10-5-3-4-6-17(10)2/h10,14H,3-8,13H2,1-2H3,(H,15,16). The summed E-state index contributed by atoms with van der Waals surface area (Å²) in [5.74, 6) is 0. The Balaban J connectivity index is 2.07. The van der Waals surface area contributed by atoms with Crippen molar-refractivity contribution in [3.05, 3.63) is 11.3 Å². The van der Waals surface area contributed by atoms with Gasteiger partial charge in [-0.2, -0.15) is 5.10 Å². The molecule has 2 rings (SSSR count). The predicted octanol–water partition coefficient (Wildman–Crippen LogP) is -0.0606. The third-order valence-corrected chi connectivity index (χ3v) is 5.32. The molecule has 0 radical (unpaired) electrons. The highest BCUT2D eigenvalue weighted by Gasteiger charge is 2.26. The fraction of sp³-hybridized carbons (Fsp3) is 0.750. The van der Waals surface area contributed by atoms with Gasteiger partial charge < -0.3 is 10.6 Å². The average Bonchev–Trinajstić information content (AvgIpc) is 2.79. The van der Waals surface area contributed by atoms with Crippen LogP contribution in [0.25, 0.3) is 0 Å². The second-order valence-electron chi connectivity index (χ2n) is 5.32. The van der Waals surface area contributed by atoms with E-state index >= 15 is 0 Å². The number of hydrogen-bond acceptors (Lipinski definition) is 5. The largest absolute Gasteiger partial charge is 0.326 e. The van der Waals surface area contributed by atoms with E-state index in [1.54, 1.807) is 6.92 Å². The van der Waals surface area contributed by atoms with Crippen molar-refractivity contribution >= 4 is 10.0 Å². The molecule has 1 saturated heterocycles. The molecule has 2 heterocycles. The van der Waals surface area contributed by atoms with Crippen molar-refractivity contribution in [2.24, 2.45) is 5.73 Å². The monoisotopic (exact) mass is 301 g/mol. The highest BCUT2D eigenvalue weighted by Crippen LogP contribution is 2.17. The number of H-pyrrole nitrogens is 1. The van der Waals surface area contributed by atoms with Crippen molar-refractivity contribution in [1.82, 2.24) is 19.8 Å². The van der Waals surface area contributed by atoms with E-state index in [9.17, 15) is 8.42 Å². The summed E-state index contributed by atoms with van der Waals surface area (Å²) >= 11 is 0. The highest BCUT2D eigenvalue weighted by atomic mass is 32.2. The van der Waals surface area contributed by atoms with Crippen LogP contribution < -0.4 is 10.5 Å². The number of nitrogens with one attached hydrogen (secondary N) is 2. The summed E-state index contributed by atoms with van der Waals surface area (Å²) in [5, 5.41) is 6.58. The van der Waals surface area contributed by atoms with Gasteiger partial charge in [-0.25, -0.2) is 13.1 Å². The highest BCUT2D eigenvalue weighted by molar-refractivity contribution is 7.89. The summed E-state index contributed by atoms with van der Waals surface area (Å²) in [6, 6.07) is 0.250. The molecule has 0 spiro atoms. The number of hydrogen-bond donors (Lipinski definition) is 3. The third-order valence-electron chi connectivity index (χ3n) is 3.93. The van der Waals surface area contributed by atoms with Crippen LogP contribution in [0.4, 0.5) is 0 Å². The molecule has 1 aliphatic rings. The number of likely N-dealkylation sites (N-methyl/N-ethyl adjacent to an activating group) is 1. The van der Waals surface area contributed by atoms with Crippen LogP contribution in [0.3, 0.4) is 0 Å². The smallest absolute Gasteiger partial charge is 0.260 e. The molecule has 1 aromatic heterocycles. The van der Waals surface area contributed by atoms with Gasteiger partial charge in [0.2, 0.25) is 0 Å². The molecule has 20 heavy (non-hydrogen) atoms. The number of piperidine rings is 1. The molecule has 0 amide bonds. The Morgan fingerprint density at radius 1 is 1.50 bits per heavy atom. The van der Waals surface area contributed by atoms with E-state index in [1.165, 1.54) is 6.42 Å². The van der Waals surface area contributed by atoms with Gasteiger partial charge in [-0.3, -0.25) is 5.10 Å². The number of nitrogens with zero attached hydrogens (tertiary/aromatic N) is 2. The van der Waals surface area contributed by atoms with Crippen molar-refractivity contribution in [2.75, 3.05) is 20.1 Å². The molecule has 0 aliphatic carbocycles. The molecule has 0 bridgehead atoms. The Labute approximate surface area is 120 Å². The van der Waals surface area contributed by atoms with E-state index in [-0.39, 0.29) is 17.6 Å². The zero-order valence-electron chi connectivity index (χ0n) is 12.0. The van der Waals surface area contributed by atoms with Crippen LogP contribution in [-0.4, -0.2) is 49.7 Å². The molecule has 4 N–H and O–H groups in total. The van der Waals surface area contributed by atoms with Gasteiger partial charge in [0.1, 0.15) is 0 Å². The lowest BCUT2D eigenvalue weighted by Gasteiger charge is -2.32. The summed E-state index contributed by atoms with van der Waals surface area (Å²) < 4.78 is 27.3. The van der Waals surface area contributed by atoms with Crippen molar-refractivity contribution < 1.29 is 8.42 Å². The molecule has 0 aromatic carbocycles. The molecule has 1 unspecified atom stereocenters. The SMILES string of the molecule is Cc1[nH]nc(S(=O)(=O)NCC2CCCCN2C)c1CN. The number of nitrogens with two attached hydrogens (primary N) is 1. The van der Waals surface area contributed by atoms with Crippen LogP contribution in [0, 0.1) is 6.92 Å². The first-order valence-electron chi connectivity index (χ1n) is 6.89. The summed E-state index contributed by atoms with van der Waals surface area (Å²) in [6.45, 7) is 3.35. The molecule has 114 valence electrons. The average molecular weight is 301 g/mol. The first kappa shape index (κ1) is 15.4. The van der Waals surface area contributed by atoms with Crippen LogP contribution >= 0.6 is 0 Å². The normalized spacial score (nSPS) is 21.2. The van der Waals surface area contributed by atoms with E-state index in [2.05, 4.69) is 19.8 Å². The van der Waals surface area contributed by atoms with Crippen molar-refractivity contribution in [3.63, 3.8) is 0 Å². The second-order valence-corrected chi connectivity index (χ2v) is 7.00. The van der Waals surface area contributed by atoms with Crippen molar-refractivity contribution in [2.45, 2.75) is 43.8 Å². The van der Waals surface area contributed by atoms with Crippen molar-refractivity contribution in [1.29, 1.82) is 0 Å². The van der Waals surface area contributed by atoms with E-state index in [0.29, 0.717) is 17.8 Å². The van der Waals surface area contributed by atoms with Gasteiger partial charge in [0, 0.05) is 30.4 Å². The maximum absolute atomic E-state index is 12.3. The number of aromatic amines is 1. The van der Waals surface area contributed by atoms with Crippen LogP contribution in [0.15, 0.2) is 5.03 Å². The molecular formula is C12H23N5O2S. The fourth-order valence-corrected chi connectivity index (χ4v) is 3.84. The molecule has 1 atom stereocenters. The van der Waals surface area contributed by atoms with Gasteiger partial charge in [-0.1, -0.05) is 6.42 Å². The van der Waals surface area contributed by atoms with Crippen LogP contribution in [0.5, 0.6) is 0 Å². The number of likely N-dealkylation sites (tertiary alicyclic amines) is 1. The summed E-state index contributed by atoms with van der Waals surface area (Å²) in [5.41, 5.74) is 6.84. The van der Waals surface area contributed by atoms with Crippen LogP contribution in [0.1, 0.15) is 30.5 Å². The first-order chi connectivity index (χ1) is 9.45. The van der Waals surface area contributed by atoms with Crippen molar-refractivity contribution in [3.8, 4) is 0 Å². The van der Waals surface area contributed by atoms with Crippen LogP contribution in [0.2, 0.25) is 0 Å². The number of rotatable bonds is 5. The zero-order chi connectivity index (χ0) is 14.8. The second kappa shape index (κ2) is 6.21. The predicted molar refractivity (Wildman–Crippen MR) is 76.7 cm³/mol. The van der Waals surface area contributed by atoms with Gasteiger partial charge in [-0.15, -0.1) is 0 Å². The Hall–Kier alpha value is -0.960. The number of sulfonamides is 1. The topological polar surface area (TPSA) is 104 Å². The molecule has 1 aliphatic heterocycles. The van der Waals surface area contributed by atoms with Gasteiger partial charge in [0.05, 0.1) is 0 Å². The maximum atomic E-state index is 12.3. The quantitative estimate of drug-likeness (QED) is 0.707. The summed E-state index contributed by atoms with van der Waals surface area (Å²) in [4.78, 5) is 2.20. The molecule has 8 heteroatoms. The van der Waals surface area contributed by atoms with Gasteiger partial charge in [-0.05, 0) is 33.4 Å². The number of aryl methyl sites for hydroxylation is 1. The Morgan fingerprint density at radius 3 is 2.90 bits per heavy atom. The lowest BCUT2D eigenvalue weighted by Crippen LogP contribution is -2.44. The first-order valence-corrected chi connectivity index (χ1v) is 8.38. The Morgan fingerprint density at radius 2 is 2.25 bits per heavy atom. The molecule has 1 fully saturated rings. The van der Waals surface area contributed by atoms with E-state index < -0.39 is 10.0 Å². The minimum atomic E-state index is -3.60. The maximum Gasteiger partial charge on any atom is 0.260 e. The molecule has 7 nitrogen and oxygen atoms in total. The third kappa shape index (κ3) is 3.20. The summed E-state index contributed by atoms with van der Waals surface area (Å²) in [7, 11) is -1.57. The number of aromatic nitrogens is 2.